The van der Waals surface area contributed by atoms with Crippen LogP contribution in [0.15, 0.2) is 18.5 Å². The molecule has 2 nitrogen and oxygen atoms in total. The van der Waals surface area contributed by atoms with Crippen LogP contribution in [0.3, 0.4) is 0 Å². The predicted octanol–water partition coefficient (Wildman–Crippen LogP) is 2.97. The standard InChI is InChI=1S/C13H20N2/c1-10-9-15-8-7-12(10)13(14)11-5-3-2-4-6-11/h7-9,11,13H,2-6,14H2,1H3. The molecule has 0 bridgehead atoms. The maximum atomic E-state index is 6.34. The first-order valence-corrected chi connectivity index (χ1v) is 5.95. The van der Waals surface area contributed by atoms with Crippen LogP contribution in [0.2, 0.25) is 0 Å². The lowest BCUT2D eigenvalue weighted by atomic mass is 9.81. The van der Waals surface area contributed by atoms with Gasteiger partial charge in [-0.2, -0.15) is 0 Å². The van der Waals surface area contributed by atoms with Gasteiger partial charge in [0, 0.05) is 18.4 Å². The minimum absolute atomic E-state index is 0.216. The van der Waals surface area contributed by atoms with Crippen molar-refractivity contribution < 1.29 is 0 Å². The van der Waals surface area contributed by atoms with Crippen molar-refractivity contribution in [2.75, 3.05) is 0 Å². The minimum Gasteiger partial charge on any atom is -0.324 e. The Kier molecular flexibility index (Phi) is 3.37. The number of rotatable bonds is 2. The maximum Gasteiger partial charge on any atom is 0.0327 e. The second kappa shape index (κ2) is 4.75. The van der Waals surface area contributed by atoms with E-state index < -0.39 is 0 Å². The van der Waals surface area contributed by atoms with E-state index in [1.165, 1.54) is 43.2 Å². The van der Waals surface area contributed by atoms with E-state index in [-0.39, 0.29) is 6.04 Å². The molecule has 0 amide bonds. The zero-order chi connectivity index (χ0) is 10.7. The number of pyridine rings is 1. The molecule has 15 heavy (non-hydrogen) atoms. The summed E-state index contributed by atoms with van der Waals surface area (Å²) in [4.78, 5) is 4.12. The number of hydrogen-bond donors (Lipinski definition) is 1. The molecule has 1 unspecified atom stereocenters. The Balaban J connectivity index is 2.12. The molecule has 2 heteroatoms. The molecule has 1 aliphatic carbocycles. The Morgan fingerprint density at radius 2 is 2.07 bits per heavy atom. The SMILES string of the molecule is Cc1cnccc1C(N)C1CCCCC1. The molecule has 1 aliphatic rings. The third-order valence-corrected chi connectivity index (χ3v) is 3.58. The Morgan fingerprint density at radius 3 is 2.73 bits per heavy atom. The second-order valence-corrected chi connectivity index (χ2v) is 4.66. The zero-order valence-electron chi connectivity index (χ0n) is 9.45. The number of hydrogen-bond acceptors (Lipinski definition) is 2. The first-order valence-electron chi connectivity index (χ1n) is 5.95. The lowest BCUT2D eigenvalue weighted by Crippen LogP contribution is -2.24. The number of nitrogens with two attached hydrogens (primary N) is 1. The largest absolute Gasteiger partial charge is 0.324 e. The third-order valence-electron chi connectivity index (χ3n) is 3.58. The van der Waals surface area contributed by atoms with E-state index in [0.717, 1.165) is 0 Å². The topological polar surface area (TPSA) is 38.9 Å². The summed E-state index contributed by atoms with van der Waals surface area (Å²) in [5, 5.41) is 0. The van der Waals surface area contributed by atoms with Crippen molar-refractivity contribution >= 4 is 0 Å². The third kappa shape index (κ3) is 2.37. The average molecular weight is 204 g/mol. The van der Waals surface area contributed by atoms with E-state index in [2.05, 4.69) is 18.0 Å². The van der Waals surface area contributed by atoms with Gasteiger partial charge in [-0.25, -0.2) is 0 Å². The first-order chi connectivity index (χ1) is 7.29. The van der Waals surface area contributed by atoms with Gasteiger partial charge in [0.25, 0.3) is 0 Å². The maximum absolute atomic E-state index is 6.34. The normalized spacial score (nSPS) is 20.1. The molecule has 0 radical (unpaired) electrons. The van der Waals surface area contributed by atoms with Gasteiger partial charge in [-0.15, -0.1) is 0 Å². The fourth-order valence-electron chi connectivity index (χ4n) is 2.61. The Morgan fingerprint density at radius 1 is 1.33 bits per heavy atom. The van der Waals surface area contributed by atoms with Crippen LogP contribution < -0.4 is 5.73 Å². The van der Waals surface area contributed by atoms with Gasteiger partial charge in [0.15, 0.2) is 0 Å². The van der Waals surface area contributed by atoms with Crippen molar-refractivity contribution in [3.63, 3.8) is 0 Å². The highest BCUT2D eigenvalue weighted by atomic mass is 14.7. The molecule has 2 rings (SSSR count). The molecule has 1 saturated carbocycles. The van der Waals surface area contributed by atoms with Crippen molar-refractivity contribution in [2.45, 2.75) is 45.1 Å². The molecule has 0 aromatic carbocycles. The van der Waals surface area contributed by atoms with Gasteiger partial charge in [0.2, 0.25) is 0 Å². The van der Waals surface area contributed by atoms with Crippen molar-refractivity contribution in [2.24, 2.45) is 11.7 Å². The summed E-state index contributed by atoms with van der Waals surface area (Å²) >= 11 is 0. The molecule has 1 aromatic heterocycles. The number of aromatic nitrogens is 1. The zero-order valence-corrected chi connectivity index (χ0v) is 9.45. The van der Waals surface area contributed by atoms with Crippen LogP contribution >= 0.6 is 0 Å². The predicted molar refractivity (Wildman–Crippen MR) is 62.5 cm³/mol. The van der Waals surface area contributed by atoms with Gasteiger partial charge in [0.1, 0.15) is 0 Å². The Hall–Kier alpha value is -0.890. The fraction of sp³-hybridized carbons (Fsp3) is 0.615. The molecular formula is C13H20N2. The fourth-order valence-corrected chi connectivity index (χ4v) is 2.61. The van der Waals surface area contributed by atoms with E-state index in [9.17, 15) is 0 Å². The van der Waals surface area contributed by atoms with Crippen LogP contribution in [0.4, 0.5) is 0 Å². The summed E-state index contributed by atoms with van der Waals surface area (Å²) in [7, 11) is 0. The van der Waals surface area contributed by atoms with Crippen LogP contribution in [0, 0.1) is 12.8 Å². The lowest BCUT2D eigenvalue weighted by Gasteiger charge is -2.28. The van der Waals surface area contributed by atoms with Gasteiger partial charge in [-0.05, 0) is 42.9 Å². The molecule has 0 spiro atoms. The van der Waals surface area contributed by atoms with Crippen molar-refractivity contribution in [1.29, 1.82) is 0 Å². The Labute approximate surface area is 91.9 Å². The van der Waals surface area contributed by atoms with Gasteiger partial charge >= 0.3 is 0 Å². The second-order valence-electron chi connectivity index (χ2n) is 4.66. The summed E-state index contributed by atoms with van der Waals surface area (Å²) in [6.45, 7) is 2.10. The molecule has 82 valence electrons. The molecule has 0 aliphatic heterocycles. The van der Waals surface area contributed by atoms with Gasteiger partial charge in [-0.1, -0.05) is 19.3 Å². The molecule has 1 aromatic rings. The highest BCUT2D eigenvalue weighted by Gasteiger charge is 2.22. The highest BCUT2D eigenvalue weighted by Crippen LogP contribution is 2.33. The van der Waals surface area contributed by atoms with E-state index in [0.29, 0.717) is 5.92 Å². The summed E-state index contributed by atoms with van der Waals surface area (Å²) < 4.78 is 0. The summed E-state index contributed by atoms with van der Waals surface area (Å²) in [6, 6.07) is 2.29. The molecule has 2 N–H and O–H groups in total. The van der Waals surface area contributed by atoms with Crippen LogP contribution in [-0.4, -0.2) is 4.98 Å². The molecule has 1 heterocycles. The van der Waals surface area contributed by atoms with Crippen LogP contribution in [-0.2, 0) is 0 Å². The van der Waals surface area contributed by atoms with Crippen molar-refractivity contribution in [1.82, 2.24) is 4.98 Å². The molecular weight excluding hydrogens is 184 g/mol. The van der Waals surface area contributed by atoms with Crippen molar-refractivity contribution in [3.05, 3.63) is 29.6 Å². The summed E-state index contributed by atoms with van der Waals surface area (Å²) in [5.41, 5.74) is 8.86. The van der Waals surface area contributed by atoms with Gasteiger partial charge < -0.3 is 5.73 Å². The summed E-state index contributed by atoms with van der Waals surface area (Å²) in [5.74, 6) is 0.680. The smallest absolute Gasteiger partial charge is 0.0327 e. The Bertz CT molecular complexity index is 316. The highest BCUT2D eigenvalue weighted by molar-refractivity contribution is 5.25. The lowest BCUT2D eigenvalue weighted by molar-refractivity contribution is 0.307. The average Bonchev–Trinajstić information content (AvgIpc) is 2.30. The number of nitrogens with zero attached hydrogens (tertiary/aromatic N) is 1. The van der Waals surface area contributed by atoms with E-state index >= 15 is 0 Å². The molecule has 0 saturated heterocycles. The molecule has 1 atom stereocenters. The van der Waals surface area contributed by atoms with E-state index in [4.69, 9.17) is 5.73 Å². The summed E-state index contributed by atoms with van der Waals surface area (Å²) in [6.07, 6.45) is 10.4. The van der Waals surface area contributed by atoms with Crippen LogP contribution in [0.5, 0.6) is 0 Å². The van der Waals surface area contributed by atoms with Crippen LogP contribution in [0.25, 0.3) is 0 Å². The quantitative estimate of drug-likeness (QED) is 0.804. The van der Waals surface area contributed by atoms with Gasteiger partial charge in [-0.3, -0.25) is 4.98 Å². The number of aryl methyl sites for hydroxylation is 1. The van der Waals surface area contributed by atoms with Crippen LogP contribution in [0.1, 0.15) is 49.3 Å². The monoisotopic (exact) mass is 204 g/mol. The van der Waals surface area contributed by atoms with Gasteiger partial charge in [0.05, 0.1) is 0 Å². The van der Waals surface area contributed by atoms with E-state index in [1.807, 2.05) is 12.4 Å². The molecule has 1 fully saturated rings. The first kappa shape index (κ1) is 10.6. The van der Waals surface area contributed by atoms with Crippen molar-refractivity contribution in [3.8, 4) is 0 Å². The van der Waals surface area contributed by atoms with E-state index in [1.54, 1.807) is 0 Å². The minimum atomic E-state index is 0.216.